The number of nitrogens with one attached hydrogen (secondary N) is 1. The number of carbonyl (C=O) groups is 3. The van der Waals surface area contributed by atoms with Gasteiger partial charge in [0.25, 0.3) is 0 Å². The number of rotatable bonds is 6. The van der Waals surface area contributed by atoms with Gasteiger partial charge < -0.3 is 9.84 Å². The molecule has 130 valence electrons. The summed E-state index contributed by atoms with van der Waals surface area (Å²) in [4.78, 5) is 37.7. The van der Waals surface area contributed by atoms with Crippen molar-refractivity contribution >= 4 is 23.5 Å². The molecule has 1 atom stereocenters. The van der Waals surface area contributed by atoms with Crippen LogP contribution in [0.1, 0.15) is 24.2 Å². The fourth-order valence-electron chi connectivity index (χ4n) is 2.89. The summed E-state index contributed by atoms with van der Waals surface area (Å²) < 4.78 is 4.86. The van der Waals surface area contributed by atoms with Crippen LogP contribution >= 0.6 is 0 Å². The van der Waals surface area contributed by atoms with Crippen LogP contribution in [-0.4, -0.2) is 34.3 Å². The summed E-state index contributed by atoms with van der Waals surface area (Å²) in [5.41, 5.74) is 1.02. The van der Waals surface area contributed by atoms with Crippen molar-refractivity contribution in [2.45, 2.75) is 26.2 Å². The van der Waals surface area contributed by atoms with Crippen LogP contribution in [0, 0.1) is 12.8 Å². The van der Waals surface area contributed by atoms with Crippen molar-refractivity contribution in [1.29, 1.82) is 0 Å². The number of anilines is 1. The minimum Gasteiger partial charge on any atom is -0.360 e. The molecule has 0 spiro atoms. The summed E-state index contributed by atoms with van der Waals surface area (Å²) in [7, 11) is 0. The van der Waals surface area contributed by atoms with Gasteiger partial charge in [0, 0.05) is 25.5 Å². The molecule has 1 aliphatic heterocycles. The molecular weight excluding hydrogens is 322 g/mol. The molecule has 1 aromatic heterocycles. The Morgan fingerprint density at radius 2 is 2.08 bits per heavy atom. The number of aryl methyl sites for hydroxylation is 1. The van der Waals surface area contributed by atoms with Gasteiger partial charge in [-0.15, -0.1) is 0 Å². The predicted molar refractivity (Wildman–Crippen MR) is 89.5 cm³/mol. The molecule has 1 aliphatic rings. The van der Waals surface area contributed by atoms with Crippen LogP contribution in [0.15, 0.2) is 40.9 Å². The van der Waals surface area contributed by atoms with E-state index in [2.05, 4.69) is 10.5 Å². The highest BCUT2D eigenvalue weighted by molar-refractivity contribution is 6.04. The van der Waals surface area contributed by atoms with Crippen molar-refractivity contribution in [3.05, 3.63) is 47.7 Å². The Kier molecular flexibility index (Phi) is 4.92. The van der Waals surface area contributed by atoms with E-state index in [-0.39, 0.29) is 43.0 Å². The molecule has 7 heteroatoms. The van der Waals surface area contributed by atoms with E-state index in [1.807, 2.05) is 30.3 Å². The van der Waals surface area contributed by atoms with Crippen LogP contribution in [0.5, 0.6) is 0 Å². The van der Waals surface area contributed by atoms with Gasteiger partial charge in [-0.3, -0.25) is 19.3 Å². The van der Waals surface area contributed by atoms with Gasteiger partial charge in [0.15, 0.2) is 5.82 Å². The van der Waals surface area contributed by atoms with Crippen molar-refractivity contribution in [3.8, 4) is 0 Å². The molecule has 2 aromatic rings. The number of benzene rings is 1. The molecule has 0 bridgehead atoms. The molecule has 1 fully saturated rings. The number of amides is 3. The van der Waals surface area contributed by atoms with Gasteiger partial charge in [-0.2, -0.15) is 0 Å². The topological polar surface area (TPSA) is 92.5 Å². The number of hydrogen-bond acceptors (Lipinski definition) is 5. The minimum absolute atomic E-state index is 0.0292. The van der Waals surface area contributed by atoms with Crippen LogP contribution in [0.25, 0.3) is 0 Å². The lowest BCUT2D eigenvalue weighted by atomic mass is 9.98. The highest BCUT2D eigenvalue weighted by Gasteiger charge is 2.38. The Morgan fingerprint density at radius 3 is 2.76 bits per heavy atom. The van der Waals surface area contributed by atoms with Crippen molar-refractivity contribution in [2.24, 2.45) is 5.92 Å². The summed E-state index contributed by atoms with van der Waals surface area (Å²) in [5.74, 6) is -0.195. The molecule has 2 heterocycles. The smallest absolute Gasteiger partial charge is 0.233 e. The molecule has 25 heavy (non-hydrogen) atoms. The summed E-state index contributed by atoms with van der Waals surface area (Å²) in [6, 6.07) is 11.2. The lowest BCUT2D eigenvalue weighted by Crippen LogP contribution is -2.34. The molecule has 0 unspecified atom stereocenters. The third-order valence-corrected chi connectivity index (χ3v) is 4.12. The number of imide groups is 1. The zero-order valence-corrected chi connectivity index (χ0v) is 13.9. The van der Waals surface area contributed by atoms with E-state index in [1.165, 1.54) is 4.90 Å². The third kappa shape index (κ3) is 4.12. The van der Waals surface area contributed by atoms with E-state index in [1.54, 1.807) is 13.0 Å². The van der Waals surface area contributed by atoms with E-state index >= 15 is 0 Å². The Bertz CT molecular complexity index is 785. The number of nitrogens with zero attached hydrogens (tertiary/aromatic N) is 2. The normalized spacial score (nSPS) is 17.2. The Balaban J connectivity index is 1.53. The minimum atomic E-state index is -0.351. The summed E-state index contributed by atoms with van der Waals surface area (Å²) in [6.07, 6.45) is 0.756. The van der Waals surface area contributed by atoms with Crippen molar-refractivity contribution in [3.63, 3.8) is 0 Å². The standard InChI is InChI=1S/C18H19N3O4/c1-12-9-15(20-25-12)19-16(22)7-8-21-17(23)11-14(18(21)24)10-13-5-3-2-4-6-13/h2-6,9,14H,7-8,10-11H2,1H3,(H,19,20,22)/t14-/m1/s1. The van der Waals surface area contributed by atoms with Crippen LogP contribution < -0.4 is 5.32 Å². The monoisotopic (exact) mass is 341 g/mol. The first-order valence-corrected chi connectivity index (χ1v) is 8.14. The summed E-state index contributed by atoms with van der Waals surface area (Å²) >= 11 is 0. The van der Waals surface area contributed by atoms with E-state index in [0.29, 0.717) is 18.0 Å². The maximum atomic E-state index is 12.4. The van der Waals surface area contributed by atoms with E-state index in [4.69, 9.17) is 4.52 Å². The zero-order valence-electron chi connectivity index (χ0n) is 13.9. The number of aromatic nitrogens is 1. The van der Waals surface area contributed by atoms with Gasteiger partial charge in [0.2, 0.25) is 17.7 Å². The fourth-order valence-corrected chi connectivity index (χ4v) is 2.89. The van der Waals surface area contributed by atoms with Gasteiger partial charge in [-0.25, -0.2) is 0 Å². The first kappa shape index (κ1) is 16.9. The van der Waals surface area contributed by atoms with Crippen LogP contribution in [0.2, 0.25) is 0 Å². The average molecular weight is 341 g/mol. The SMILES string of the molecule is Cc1cc(NC(=O)CCN2C(=O)C[C@@H](Cc3ccccc3)C2=O)no1. The van der Waals surface area contributed by atoms with Crippen molar-refractivity contribution in [2.75, 3.05) is 11.9 Å². The maximum Gasteiger partial charge on any atom is 0.233 e. The molecule has 3 amide bonds. The van der Waals surface area contributed by atoms with Gasteiger partial charge in [0.1, 0.15) is 5.76 Å². The zero-order chi connectivity index (χ0) is 17.8. The average Bonchev–Trinajstić information content (AvgIpc) is 3.10. The van der Waals surface area contributed by atoms with Crippen molar-refractivity contribution < 1.29 is 18.9 Å². The van der Waals surface area contributed by atoms with E-state index in [9.17, 15) is 14.4 Å². The molecule has 1 aromatic carbocycles. The van der Waals surface area contributed by atoms with Crippen molar-refractivity contribution in [1.82, 2.24) is 10.1 Å². The van der Waals surface area contributed by atoms with Gasteiger partial charge >= 0.3 is 0 Å². The first-order valence-electron chi connectivity index (χ1n) is 8.14. The number of hydrogen-bond donors (Lipinski definition) is 1. The largest absolute Gasteiger partial charge is 0.360 e. The second-order valence-electron chi connectivity index (χ2n) is 6.10. The van der Waals surface area contributed by atoms with Crippen LogP contribution in [-0.2, 0) is 20.8 Å². The Labute approximate surface area is 145 Å². The van der Waals surface area contributed by atoms with Gasteiger partial charge in [-0.05, 0) is 18.9 Å². The summed E-state index contributed by atoms with van der Waals surface area (Å²) in [6.45, 7) is 1.79. The van der Waals surface area contributed by atoms with E-state index in [0.717, 1.165) is 5.56 Å². The highest BCUT2D eigenvalue weighted by atomic mass is 16.5. The number of likely N-dealkylation sites (tertiary alicyclic amines) is 1. The van der Waals surface area contributed by atoms with E-state index < -0.39 is 0 Å². The molecule has 7 nitrogen and oxygen atoms in total. The van der Waals surface area contributed by atoms with Gasteiger partial charge in [0.05, 0.1) is 5.92 Å². The predicted octanol–water partition coefficient (Wildman–Crippen LogP) is 1.93. The molecule has 0 aliphatic carbocycles. The Morgan fingerprint density at radius 1 is 1.32 bits per heavy atom. The van der Waals surface area contributed by atoms with Crippen LogP contribution in [0.3, 0.4) is 0 Å². The molecular formula is C18H19N3O4. The second-order valence-corrected chi connectivity index (χ2v) is 6.10. The molecule has 3 rings (SSSR count). The molecule has 1 saturated heterocycles. The molecule has 0 radical (unpaired) electrons. The third-order valence-electron chi connectivity index (χ3n) is 4.12. The summed E-state index contributed by atoms with van der Waals surface area (Å²) in [5, 5.41) is 6.24. The lowest BCUT2D eigenvalue weighted by Gasteiger charge is -2.14. The quantitative estimate of drug-likeness (QED) is 0.811. The van der Waals surface area contributed by atoms with Gasteiger partial charge in [-0.1, -0.05) is 35.5 Å². The molecule has 0 saturated carbocycles. The molecule has 1 N–H and O–H groups in total. The lowest BCUT2D eigenvalue weighted by molar-refractivity contribution is -0.139. The Hall–Kier alpha value is -2.96. The fraction of sp³-hybridized carbons (Fsp3) is 0.333. The first-order chi connectivity index (χ1) is 12.0. The number of carbonyl (C=O) groups excluding carboxylic acids is 3. The highest BCUT2D eigenvalue weighted by Crippen LogP contribution is 2.23. The second kappa shape index (κ2) is 7.29. The maximum absolute atomic E-state index is 12.4. The van der Waals surface area contributed by atoms with Crippen LogP contribution in [0.4, 0.5) is 5.82 Å².